The Bertz CT molecular complexity index is 573. The Hall–Kier alpha value is -1.66. The fourth-order valence-electron chi connectivity index (χ4n) is 3.27. The predicted octanol–water partition coefficient (Wildman–Crippen LogP) is 0.306. The van der Waals surface area contributed by atoms with Crippen LogP contribution >= 0.6 is 0 Å². The van der Waals surface area contributed by atoms with Crippen LogP contribution in [0.4, 0.5) is 0 Å². The maximum Gasteiger partial charge on any atom is 0.274 e. The molecular weight excluding hydrogens is 280 g/mol. The molecule has 6 nitrogen and oxygen atoms in total. The molecule has 6 heteroatoms. The zero-order valence-corrected chi connectivity index (χ0v) is 13.2. The second kappa shape index (κ2) is 6.22. The third kappa shape index (κ3) is 2.80. The molecule has 0 bridgehead atoms. The van der Waals surface area contributed by atoms with Crippen molar-refractivity contribution in [2.24, 2.45) is 0 Å². The lowest BCUT2D eigenvalue weighted by atomic mass is 9.93. The molecule has 1 atom stereocenters. The van der Waals surface area contributed by atoms with Gasteiger partial charge in [-0.25, -0.2) is 0 Å². The number of amides is 1. The first-order valence-electron chi connectivity index (χ1n) is 7.95. The second-order valence-corrected chi connectivity index (χ2v) is 6.24. The van der Waals surface area contributed by atoms with Gasteiger partial charge < -0.3 is 14.9 Å². The third-order valence-electron chi connectivity index (χ3n) is 4.62. The zero-order chi connectivity index (χ0) is 15.7. The van der Waals surface area contributed by atoms with E-state index in [0.29, 0.717) is 18.7 Å². The van der Waals surface area contributed by atoms with E-state index in [9.17, 15) is 9.90 Å². The fraction of sp³-hybridized carbons (Fsp3) is 0.625. The Balaban J connectivity index is 1.89. The molecule has 2 heterocycles. The first-order chi connectivity index (χ1) is 10.6. The van der Waals surface area contributed by atoms with E-state index in [1.807, 2.05) is 9.58 Å². The molecule has 1 fully saturated rings. The Morgan fingerprint density at radius 1 is 1.41 bits per heavy atom. The minimum absolute atomic E-state index is 0.00117. The smallest absolute Gasteiger partial charge is 0.274 e. The van der Waals surface area contributed by atoms with E-state index < -0.39 is 0 Å². The van der Waals surface area contributed by atoms with Crippen LogP contribution in [0.1, 0.15) is 28.2 Å². The maximum atomic E-state index is 12.8. The van der Waals surface area contributed by atoms with Crippen LogP contribution in [0, 0.1) is 0 Å². The van der Waals surface area contributed by atoms with Gasteiger partial charge in [0.15, 0.2) is 5.69 Å². The molecule has 1 saturated heterocycles. The number of fused-ring (bicyclic) bond motifs is 1. The molecule has 2 aliphatic rings. The molecule has 0 saturated carbocycles. The van der Waals surface area contributed by atoms with Crippen LogP contribution in [0.15, 0.2) is 12.7 Å². The molecule has 3 rings (SSSR count). The standard InChI is InChI=1S/C16H24N4O2/c1-3-6-20-14-5-4-12(21)11-13(14)15(17-20)16(22)19-9-7-18(2)8-10-19/h3,12,21H,1,4-11H2,2H3. The number of aliphatic hydroxyl groups excluding tert-OH is 1. The van der Waals surface area contributed by atoms with Crippen LogP contribution < -0.4 is 0 Å². The van der Waals surface area contributed by atoms with Gasteiger partial charge in [-0.05, 0) is 19.9 Å². The van der Waals surface area contributed by atoms with Gasteiger partial charge in [0.25, 0.3) is 5.91 Å². The Morgan fingerprint density at radius 3 is 2.82 bits per heavy atom. The number of carbonyl (C=O) groups is 1. The SMILES string of the molecule is C=CCn1nc(C(=O)N2CCN(C)CC2)c2c1CCC(O)C2. The number of piperazine rings is 1. The number of aliphatic hydroxyl groups is 1. The van der Waals surface area contributed by atoms with Gasteiger partial charge in [0.05, 0.1) is 12.6 Å². The summed E-state index contributed by atoms with van der Waals surface area (Å²) in [6.45, 7) is 7.63. The van der Waals surface area contributed by atoms with Crippen molar-refractivity contribution in [3.63, 3.8) is 0 Å². The van der Waals surface area contributed by atoms with E-state index in [2.05, 4.69) is 23.6 Å². The van der Waals surface area contributed by atoms with Gasteiger partial charge in [-0.1, -0.05) is 6.08 Å². The van der Waals surface area contributed by atoms with E-state index in [0.717, 1.165) is 50.3 Å². The van der Waals surface area contributed by atoms with Crippen molar-refractivity contribution in [3.8, 4) is 0 Å². The van der Waals surface area contributed by atoms with E-state index in [1.54, 1.807) is 6.08 Å². The summed E-state index contributed by atoms with van der Waals surface area (Å²) in [7, 11) is 2.07. The molecule has 1 amide bonds. The van der Waals surface area contributed by atoms with Crippen molar-refractivity contribution >= 4 is 5.91 Å². The quantitative estimate of drug-likeness (QED) is 0.816. The monoisotopic (exact) mass is 304 g/mol. The number of hydrogen-bond donors (Lipinski definition) is 1. The van der Waals surface area contributed by atoms with Gasteiger partial charge in [0.1, 0.15) is 0 Å². The number of allylic oxidation sites excluding steroid dienone is 1. The highest BCUT2D eigenvalue weighted by Crippen LogP contribution is 2.26. The summed E-state index contributed by atoms with van der Waals surface area (Å²) >= 11 is 0. The van der Waals surface area contributed by atoms with Crippen molar-refractivity contribution < 1.29 is 9.90 Å². The lowest BCUT2D eigenvalue weighted by molar-refractivity contribution is 0.0655. The van der Waals surface area contributed by atoms with Crippen LogP contribution in [0.5, 0.6) is 0 Å². The first-order valence-corrected chi connectivity index (χ1v) is 7.95. The number of carbonyl (C=O) groups excluding carboxylic acids is 1. The van der Waals surface area contributed by atoms with Crippen LogP contribution in [-0.4, -0.2) is 69.9 Å². The third-order valence-corrected chi connectivity index (χ3v) is 4.62. The minimum Gasteiger partial charge on any atom is -0.393 e. The molecule has 0 spiro atoms. The van der Waals surface area contributed by atoms with Crippen LogP contribution in [0.2, 0.25) is 0 Å². The van der Waals surface area contributed by atoms with Crippen molar-refractivity contribution in [3.05, 3.63) is 29.6 Å². The highest BCUT2D eigenvalue weighted by atomic mass is 16.3. The zero-order valence-electron chi connectivity index (χ0n) is 13.2. The van der Waals surface area contributed by atoms with Gasteiger partial charge in [-0.15, -0.1) is 6.58 Å². The topological polar surface area (TPSA) is 61.6 Å². The lowest BCUT2D eigenvalue weighted by Gasteiger charge is -2.32. The Morgan fingerprint density at radius 2 is 2.14 bits per heavy atom. The predicted molar refractivity (Wildman–Crippen MR) is 83.9 cm³/mol. The lowest BCUT2D eigenvalue weighted by Crippen LogP contribution is -2.47. The van der Waals surface area contributed by atoms with E-state index in [-0.39, 0.29) is 12.0 Å². The van der Waals surface area contributed by atoms with Crippen molar-refractivity contribution in [1.29, 1.82) is 0 Å². The van der Waals surface area contributed by atoms with Gasteiger partial charge in [-0.2, -0.15) is 5.10 Å². The average molecular weight is 304 g/mol. The molecule has 1 unspecified atom stereocenters. The highest BCUT2D eigenvalue weighted by molar-refractivity contribution is 5.94. The van der Waals surface area contributed by atoms with Gasteiger partial charge in [-0.3, -0.25) is 9.48 Å². The van der Waals surface area contributed by atoms with E-state index >= 15 is 0 Å². The average Bonchev–Trinajstić information content (AvgIpc) is 2.86. The second-order valence-electron chi connectivity index (χ2n) is 6.24. The number of aromatic nitrogens is 2. The fourth-order valence-corrected chi connectivity index (χ4v) is 3.27. The summed E-state index contributed by atoms with van der Waals surface area (Å²) < 4.78 is 1.87. The molecule has 0 radical (unpaired) electrons. The molecule has 1 aliphatic carbocycles. The highest BCUT2D eigenvalue weighted by Gasteiger charge is 2.31. The summed E-state index contributed by atoms with van der Waals surface area (Å²) in [4.78, 5) is 16.9. The summed E-state index contributed by atoms with van der Waals surface area (Å²) in [5.74, 6) is 0.00117. The number of nitrogens with zero attached hydrogens (tertiary/aromatic N) is 4. The van der Waals surface area contributed by atoms with Crippen molar-refractivity contribution in [2.75, 3.05) is 33.2 Å². The van der Waals surface area contributed by atoms with Crippen LogP contribution in [-0.2, 0) is 19.4 Å². The molecule has 1 aliphatic heterocycles. The van der Waals surface area contributed by atoms with Gasteiger partial charge in [0, 0.05) is 43.9 Å². The van der Waals surface area contributed by atoms with E-state index in [4.69, 9.17) is 0 Å². The summed E-state index contributed by atoms with van der Waals surface area (Å²) in [6, 6.07) is 0. The Kier molecular flexibility index (Phi) is 4.31. The minimum atomic E-state index is -0.368. The normalized spacial score (nSPS) is 22.5. The van der Waals surface area contributed by atoms with Gasteiger partial charge in [0.2, 0.25) is 0 Å². The molecule has 120 valence electrons. The maximum absolute atomic E-state index is 12.8. The molecule has 1 N–H and O–H groups in total. The van der Waals surface area contributed by atoms with Crippen LogP contribution in [0.25, 0.3) is 0 Å². The first kappa shape index (κ1) is 15.2. The molecule has 0 aromatic carbocycles. The van der Waals surface area contributed by atoms with E-state index in [1.165, 1.54) is 0 Å². The van der Waals surface area contributed by atoms with Crippen molar-refractivity contribution in [1.82, 2.24) is 19.6 Å². The largest absolute Gasteiger partial charge is 0.393 e. The summed E-state index contributed by atoms with van der Waals surface area (Å²) in [5, 5.41) is 14.5. The molecule has 22 heavy (non-hydrogen) atoms. The Labute approximate surface area is 131 Å². The number of hydrogen-bond acceptors (Lipinski definition) is 4. The summed E-state index contributed by atoms with van der Waals surface area (Å²) in [6.07, 6.45) is 3.46. The number of rotatable bonds is 3. The number of likely N-dealkylation sites (N-methyl/N-ethyl adjacent to an activating group) is 1. The van der Waals surface area contributed by atoms with Crippen LogP contribution in [0.3, 0.4) is 0 Å². The molecule has 1 aromatic heterocycles. The van der Waals surface area contributed by atoms with Gasteiger partial charge >= 0.3 is 0 Å². The summed E-state index contributed by atoms with van der Waals surface area (Å²) in [5.41, 5.74) is 2.55. The molecular formula is C16H24N4O2. The molecule has 1 aromatic rings. The van der Waals surface area contributed by atoms with Crippen molar-refractivity contribution in [2.45, 2.75) is 31.9 Å².